The van der Waals surface area contributed by atoms with Crippen molar-refractivity contribution < 1.29 is 23.8 Å². The fourth-order valence-electron chi connectivity index (χ4n) is 3.91. The summed E-state index contributed by atoms with van der Waals surface area (Å²) in [6, 6.07) is 13.1. The third kappa shape index (κ3) is 7.14. The average molecular weight is 455 g/mol. The number of aryl methyl sites for hydroxylation is 1. The maximum Gasteiger partial charge on any atom is 0.251 e. The maximum absolute atomic E-state index is 12.5. The van der Waals surface area contributed by atoms with E-state index in [4.69, 9.17) is 14.2 Å². The van der Waals surface area contributed by atoms with Crippen molar-refractivity contribution in [1.29, 1.82) is 0 Å². The second-order valence-corrected chi connectivity index (χ2v) is 8.37. The minimum atomic E-state index is -0.136. The molecule has 178 valence electrons. The second-order valence-electron chi connectivity index (χ2n) is 8.37. The highest BCUT2D eigenvalue weighted by Gasteiger charge is 2.23. The first-order chi connectivity index (χ1) is 16.0. The number of carbonyl (C=O) groups is 2. The fourth-order valence-corrected chi connectivity index (χ4v) is 3.91. The first-order valence-electron chi connectivity index (χ1n) is 11.5. The molecule has 1 aliphatic rings. The van der Waals surface area contributed by atoms with E-state index in [1.165, 1.54) is 5.56 Å². The number of hydrogen-bond acceptors (Lipinski definition) is 5. The van der Waals surface area contributed by atoms with Gasteiger partial charge in [0.2, 0.25) is 5.91 Å². The third-order valence-electron chi connectivity index (χ3n) is 5.99. The molecule has 7 heteroatoms. The molecule has 0 unspecified atom stereocenters. The minimum absolute atomic E-state index is 0.136. The molecule has 1 saturated heterocycles. The van der Waals surface area contributed by atoms with Gasteiger partial charge in [-0.1, -0.05) is 17.7 Å². The number of carbonyl (C=O) groups excluding carboxylic acids is 2. The van der Waals surface area contributed by atoms with Crippen molar-refractivity contribution in [1.82, 2.24) is 10.2 Å². The van der Waals surface area contributed by atoms with Gasteiger partial charge in [-0.05, 0) is 62.4 Å². The van der Waals surface area contributed by atoms with Crippen molar-refractivity contribution >= 4 is 11.8 Å². The molecule has 7 nitrogen and oxygen atoms in total. The summed E-state index contributed by atoms with van der Waals surface area (Å²) in [6.07, 6.45) is 2.97. The number of rotatable bonds is 10. The predicted molar refractivity (Wildman–Crippen MR) is 127 cm³/mol. The summed E-state index contributed by atoms with van der Waals surface area (Å²) in [5, 5.41) is 3.01. The largest absolute Gasteiger partial charge is 0.494 e. The van der Waals surface area contributed by atoms with E-state index in [9.17, 15) is 9.59 Å². The average Bonchev–Trinajstić information content (AvgIpc) is 2.85. The number of nitrogens with zero attached hydrogens (tertiary/aromatic N) is 1. The Labute approximate surface area is 196 Å². The van der Waals surface area contributed by atoms with Crippen LogP contribution in [0.1, 0.15) is 41.6 Å². The van der Waals surface area contributed by atoms with E-state index < -0.39 is 0 Å². The summed E-state index contributed by atoms with van der Waals surface area (Å²) in [5.74, 6) is 2.36. The van der Waals surface area contributed by atoms with Gasteiger partial charge in [0.1, 0.15) is 5.75 Å². The van der Waals surface area contributed by atoms with Crippen molar-refractivity contribution in [3.8, 4) is 17.2 Å². The Bertz CT molecular complexity index is 921. The highest BCUT2D eigenvalue weighted by Crippen LogP contribution is 2.27. The van der Waals surface area contributed by atoms with Gasteiger partial charge in [0, 0.05) is 31.6 Å². The van der Waals surface area contributed by atoms with Crippen LogP contribution in [0.2, 0.25) is 0 Å². The van der Waals surface area contributed by atoms with Crippen LogP contribution in [-0.4, -0.2) is 57.2 Å². The van der Waals surface area contributed by atoms with Crippen LogP contribution >= 0.6 is 0 Å². The molecule has 3 rings (SSSR count). The van der Waals surface area contributed by atoms with E-state index >= 15 is 0 Å². The van der Waals surface area contributed by atoms with Gasteiger partial charge in [-0.25, -0.2) is 0 Å². The molecule has 33 heavy (non-hydrogen) atoms. The van der Waals surface area contributed by atoms with E-state index in [0.29, 0.717) is 49.0 Å². The van der Waals surface area contributed by atoms with E-state index in [0.717, 1.165) is 31.7 Å². The Morgan fingerprint density at radius 3 is 2.36 bits per heavy atom. The zero-order valence-corrected chi connectivity index (χ0v) is 19.8. The number of amides is 2. The zero-order chi connectivity index (χ0) is 23.6. The lowest BCUT2D eigenvalue weighted by Gasteiger charge is -2.32. The van der Waals surface area contributed by atoms with Gasteiger partial charge in [-0.15, -0.1) is 0 Å². The number of methoxy groups -OCH3 is 2. The SMILES string of the molecule is COc1ccc(C(=O)NCC2CCN(C(=O)CCCOc3ccc(C)cc3)CC2)cc1OC. The zero-order valence-electron chi connectivity index (χ0n) is 19.8. The van der Waals surface area contributed by atoms with Gasteiger partial charge in [0.15, 0.2) is 11.5 Å². The lowest BCUT2D eigenvalue weighted by atomic mass is 9.96. The summed E-state index contributed by atoms with van der Waals surface area (Å²) in [6.45, 7) is 4.63. The molecule has 1 aliphatic heterocycles. The molecular weight excluding hydrogens is 420 g/mol. The van der Waals surface area contributed by atoms with E-state index in [1.54, 1.807) is 32.4 Å². The molecule has 0 aliphatic carbocycles. The Morgan fingerprint density at radius 1 is 1.00 bits per heavy atom. The molecule has 2 aromatic carbocycles. The standard InChI is InChI=1S/C26H34N2O5/c1-19-6-9-22(10-7-19)33-16-4-5-25(29)28-14-12-20(13-15-28)18-27-26(30)21-8-11-23(31-2)24(17-21)32-3/h6-11,17,20H,4-5,12-16,18H2,1-3H3,(H,27,30). The van der Waals surface area contributed by atoms with Crippen LogP contribution in [0.3, 0.4) is 0 Å². The monoisotopic (exact) mass is 454 g/mol. The third-order valence-corrected chi connectivity index (χ3v) is 5.99. The highest BCUT2D eigenvalue weighted by atomic mass is 16.5. The molecule has 1 N–H and O–H groups in total. The molecule has 2 amide bonds. The van der Waals surface area contributed by atoms with Crippen LogP contribution in [0.5, 0.6) is 17.2 Å². The highest BCUT2D eigenvalue weighted by molar-refractivity contribution is 5.94. The quantitative estimate of drug-likeness (QED) is 0.552. The van der Waals surface area contributed by atoms with Crippen molar-refractivity contribution in [2.24, 2.45) is 5.92 Å². The molecular formula is C26H34N2O5. The van der Waals surface area contributed by atoms with Crippen molar-refractivity contribution in [2.45, 2.75) is 32.6 Å². The number of nitrogens with one attached hydrogen (secondary N) is 1. The van der Waals surface area contributed by atoms with E-state index in [2.05, 4.69) is 5.32 Å². The number of benzene rings is 2. The van der Waals surface area contributed by atoms with Crippen LogP contribution in [-0.2, 0) is 4.79 Å². The Morgan fingerprint density at radius 2 is 1.70 bits per heavy atom. The fraction of sp³-hybridized carbons (Fsp3) is 0.462. The van der Waals surface area contributed by atoms with Crippen LogP contribution < -0.4 is 19.5 Å². The number of hydrogen-bond donors (Lipinski definition) is 1. The number of likely N-dealkylation sites (tertiary alicyclic amines) is 1. The Kier molecular flexibility index (Phi) is 8.98. The molecule has 0 saturated carbocycles. The first-order valence-corrected chi connectivity index (χ1v) is 11.5. The lowest BCUT2D eigenvalue weighted by molar-refractivity contribution is -0.132. The van der Waals surface area contributed by atoms with Crippen molar-refractivity contribution in [2.75, 3.05) is 40.5 Å². The van der Waals surface area contributed by atoms with Crippen LogP contribution in [0.25, 0.3) is 0 Å². The van der Waals surface area contributed by atoms with Crippen molar-refractivity contribution in [3.63, 3.8) is 0 Å². The molecule has 1 fully saturated rings. The molecule has 0 bridgehead atoms. The topological polar surface area (TPSA) is 77.1 Å². The minimum Gasteiger partial charge on any atom is -0.494 e. The Balaban J connectivity index is 1.34. The molecule has 0 atom stereocenters. The van der Waals surface area contributed by atoms with Crippen LogP contribution in [0.4, 0.5) is 0 Å². The first kappa shape index (κ1) is 24.4. The molecule has 1 heterocycles. The van der Waals surface area contributed by atoms with Gasteiger partial charge in [0.05, 0.1) is 20.8 Å². The van der Waals surface area contributed by atoms with Gasteiger partial charge in [-0.3, -0.25) is 9.59 Å². The van der Waals surface area contributed by atoms with Crippen LogP contribution in [0, 0.1) is 12.8 Å². The smallest absolute Gasteiger partial charge is 0.251 e. The Hall–Kier alpha value is -3.22. The van der Waals surface area contributed by atoms with Crippen molar-refractivity contribution in [3.05, 3.63) is 53.6 Å². The summed E-state index contributed by atoms with van der Waals surface area (Å²) < 4.78 is 16.2. The molecule has 2 aromatic rings. The van der Waals surface area contributed by atoms with Gasteiger partial charge in [-0.2, -0.15) is 0 Å². The maximum atomic E-state index is 12.5. The molecule has 0 aromatic heterocycles. The summed E-state index contributed by atoms with van der Waals surface area (Å²) in [4.78, 5) is 26.9. The summed E-state index contributed by atoms with van der Waals surface area (Å²) >= 11 is 0. The number of ether oxygens (including phenoxy) is 3. The normalized spacial score (nSPS) is 14.0. The van der Waals surface area contributed by atoms with Gasteiger partial charge in [0.25, 0.3) is 5.91 Å². The molecule has 0 radical (unpaired) electrons. The van der Waals surface area contributed by atoms with E-state index in [-0.39, 0.29) is 11.8 Å². The molecule has 0 spiro atoms. The lowest BCUT2D eigenvalue weighted by Crippen LogP contribution is -2.41. The second kappa shape index (κ2) is 12.1. The predicted octanol–water partition coefficient (Wildman–Crippen LogP) is 3.84. The summed E-state index contributed by atoms with van der Waals surface area (Å²) in [7, 11) is 3.11. The van der Waals surface area contributed by atoms with Gasteiger partial charge >= 0.3 is 0 Å². The van der Waals surface area contributed by atoms with Gasteiger partial charge < -0.3 is 24.4 Å². The number of piperidine rings is 1. The van der Waals surface area contributed by atoms with Crippen LogP contribution in [0.15, 0.2) is 42.5 Å². The van der Waals surface area contributed by atoms with E-state index in [1.807, 2.05) is 36.1 Å². The summed E-state index contributed by atoms with van der Waals surface area (Å²) in [5.41, 5.74) is 1.73.